The van der Waals surface area contributed by atoms with E-state index in [2.05, 4.69) is 9.97 Å². The monoisotopic (exact) mass is 188 g/mol. The fourth-order valence-electron chi connectivity index (χ4n) is 1.21. The summed E-state index contributed by atoms with van der Waals surface area (Å²) < 4.78 is 0. The minimum absolute atomic E-state index is 0.973. The van der Waals surface area contributed by atoms with E-state index < -0.39 is 0 Å². The number of pyridine rings is 2. The predicted molar refractivity (Wildman–Crippen MR) is 60.4 cm³/mol. The van der Waals surface area contributed by atoms with Crippen LogP contribution in [-0.2, 0) is 0 Å². The third kappa shape index (κ3) is 2.28. The Bertz CT molecular complexity index is 380. The van der Waals surface area contributed by atoms with E-state index in [0.29, 0.717) is 0 Å². The molecule has 14 heavy (non-hydrogen) atoms. The van der Waals surface area contributed by atoms with Gasteiger partial charge in [-0.1, -0.05) is 13.8 Å². The van der Waals surface area contributed by atoms with Crippen LogP contribution in [0.2, 0.25) is 0 Å². The molecule has 0 aliphatic carbocycles. The van der Waals surface area contributed by atoms with E-state index in [4.69, 9.17) is 0 Å². The molecule has 0 saturated carbocycles. The number of aryl methyl sites for hydroxylation is 2. The van der Waals surface area contributed by atoms with E-state index in [1.165, 1.54) is 0 Å². The van der Waals surface area contributed by atoms with Crippen LogP contribution < -0.4 is 0 Å². The Morgan fingerprint density at radius 2 is 1.07 bits per heavy atom. The molecule has 0 fully saturated rings. The van der Waals surface area contributed by atoms with Crippen LogP contribution in [0.1, 0.15) is 25.2 Å². The first-order chi connectivity index (χ1) is 6.75. The Morgan fingerprint density at radius 3 is 1.43 bits per heavy atom. The number of rotatable bonds is 0. The lowest BCUT2D eigenvalue weighted by Crippen LogP contribution is -1.87. The van der Waals surface area contributed by atoms with Crippen LogP contribution in [0.3, 0.4) is 0 Å². The predicted octanol–water partition coefficient (Wildman–Crippen LogP) is 3.27. The highest BCUT2D eigenvalue weighted by Crippen LogP contribution is 2.09. The average molecular weight is 188 g/mol. The molecule has 0 unspecified atom stereocenters. The summed E-state index contributed by atoms with van der Waals surface area (Å²) in [4.78, 5) is 8.71. The van der Waals surface area contributed by atoms with Crippen molar-refractivity contribution < 1.29 is 0 Å². The molecule has 0 aromatic carbocycles. The molecule has 0 atom stereocenters. The smallest absolute Gasteiger partial charge is 0.0890 e. The van der Waals surface area contributed by atoms with Crippen molar-refractivity contribution in [2.24, 2.45) is 0 Å². The normalized spacial score (nSPS) is 9.43. The van der Waals surface area contributed by atoms with Crippen LogP contribution in [0.15, 0.2) is 24.3 Å². The zero-order chi connectivity index (χ0) is 10.6. The van der Waals surface area contributed by atoms with Gasteiger partial charge < -0.3 is 0 Å². The van der Waals surface area contributed by atoms with Crippen molar-refractivity contribution in [1.82, 2.24) is 9.97 Å². The number of hydrogen-bond acceptors (Lipinski definition) is 2. The van der Waals surface area contributed by atoms with Crippen LogP contribution in [0.4, 0.5) is 0 Å². The Hall–Kier alpha value is -1.44. The molecule has 2 rings (SSSR count). The molecule has 0 saturated heterocycles. The summed E-state index contributed by atoms with van der Waals surface area (Å²) in [5.74, 6) is 0. The van der Waals surface area contributed by atoms with Crippen LogP contribution >= 0.6 is 0 Å². The second-order valence-corrected chi connectivity index (χ2v) is 2.94. The van der Waals surface area contributed by atoms with Gasteiger partial charge in [-0.25, -0.2) is 0 Å². The number of fused-ring (bicyclic) bond motifs is 1. The Kier molecular flexibility index (Phi) is 3.57. The first-order valence-corrected chi connectivity index (χ1v) is 4.97. The van der Waals surface area contributed by atoms with Crippen LogP contribution in [-0.4, -0.2) is 9.97 Å². The van der Waals surface area contributed by atoms with Crippen molar-refractivity contribution in [3.8, 4) is 0 Å². The van der Waals surface area contributed by atoms with E-state index >= 15 is 0 Å². The van der Waals surface area contributed by atoms with Gasteiger partial charge in [0.15, 0.2) is 0 Å². The number of nitrogens with zero attached hydrogens (tertiary/aromatic N) is 2. The standard InChI is InChI=1S/C10H10N2.C2H6/c1-7-3-5-10-9(11-7)6-4-8(2)12-10;1-2/h3-6H,1-2H3;1-2H3. The van der Waals surface area contributed by atoms with E-state index in [1.54, 1.807) is 0 Å². The van der Waals surface area contributed by atoms with Crippen molar-refractivity contribution in [2.75, 3.05) is 0 Å². The summed E-state index contributed by atoms with van der Waals surface area (Å²) in [6, 6.07) is 7.97. The zero-order valence-corrected chi connectivity index (χ0v) is 9.20. The molecule has 2 heteroatoms. The van der Waals surface area contributed by atoms with Crippen molar-refractivity contribution in [3.05, 3.63) is 35.7 Å². The molecule has 0 amide bonds. The summed E-state index contributed by atoms with van der Waals surface area (Å²) in [6.07, 6.45) is 0. The molecule has 0 bridgehead atoms. The lowest BCUT2D eigenvalue weighted by Gasteiger charge is -1.98. The highest BCUT2D eigenvalue weighted by atomic mass is 14.8. The Labute approximate surface area is 85.0 Å². The van der Waals surface area contributed by atoms with Crippen LogP contribution in [0.25, 0.3) is 11.0 Å². The largest absolute Gasteiger partial charge is 0.251 e. The molecule has 0 aliphatic rings. The summed E-state index contributed by atoms with van der Waals surface area (Å²) in [6.45, 7) is 7.97. The molecular formula is C12H16N2. The molecule has 2 heterocycles. The average Bonchev–Trinajstić information content (AvgIpc) is 2.21. The van der Waals surface area contributed by atoms with Gasteiger partial charge in [0.2, 0.25) is 0 Å². The lowest BCUT2D eigenvalue weighted by atomic mass is 10.2. The highest BCUT2D eigenvalue weighted by Gasteiger charge is 1.95. The van der Waals surface area contributed by atoms with Crippen molar-refractivity contribution in [3.63, 3.8) is 0 Å². The fourth-order valence-corrected chi connectivity index (χ4v) is 1.21. The lowest BCUT2D eigenvalue weighted by molar-refractivity contribution is 1.20. The number of hydrogen-bond donors (Lipinski definition) is 0. The van der Waals surface area contributed by atoms with Gasteiger partial charge in [0.05, 0.1) is 11.0 Å². The maximum atomic E-state index is 4.35. The van der Waals surface area contributed by atoms with Crippen molar-refractivity contribution in [2.45, 2.75) is 27.7 Å². The van der Waals surface area contributed by atoms with E-state index in [-0.39, 0.29) is 0 Å². The molecular weight excluding hydrogens is 172 g/mol. The molecule has 2 aromatic heterocycles. The van der Waals surface area contributed by atoms with Gasteiger partial charge in [0, 0.05) is 11.4 Å². The minimum atomic E-state index is 0.973. The van der Waals surface area contributed by atoms with Gasteiger partial charge in [-0.15, -0.1) is 0 Å². The van der Waals surface area contributed by atoms with Gasteiger partial charge in [-0.3, -0.25) is 9.97 Å². The fraction of sp³-hybridized carbons (Fsp3) is 0.333. The minimum Gasteiger partial charge on any atom is -0.251 e. The maximum absolute atomic E-state index is 4.35. The molecule has 2 aromatic rings. The second-order valence-electron chi connectivity index (χ2n) is 2.94. The van der Waals surface area contributed by atoms with Crippen molar-refractivity contribution >= 4 is 11.0 Å². The van der Waals surface area contributed by atoms with Gasteiger partial charge in [0.25, 0.3) is 0 Å². The first-order valence-electron chi connectivity index (χ1n) is 4.97. The summed E-state index contributed by atoms with van der Waals surface area (Å²) in [5.41, 5.74) is 4.02. The number of aromatic nitrogens is 2. The van der Waals surface area contributed by atoms with Crippen LogP contribution in [0, 0.1) is 13.8 Å². The third-order valence-electron chi connectivity index (χ3n) is 1.82. The van der Waals surface area contributed by atoms with Gasteiger partial charge >= 0.3 is 0 Å². The highest BCUT2D eigenvalue weighted by molar-refractivity contribution is 5.74. The molecule has 0 aliphatic heterocycles. The molecule has 2 nitrogen and oxygen atoms in total. The molecule has 0 radical (unpaired) electrons. The van der Waals surface area contributed by atoms with Gasteiger partial charge in [0.1, 0.15) is 0 Å². The Morgan fingerprint density at radius 1 is 0.714 bits per heavy atom. The zero-order valence-electron chi connectivity index (χ0n) is 9.20. The summed E-state index contributed by atoms with van der Waals surface area (Å²) >= 11 is 0. The third-order valence-corrected chi connectivity index (χ3v) is 1.82. The van der Waals surface area contributed by atoms with E-state index in [0.717, 1.165) is 22.4 Å². The molecule has 0 N–H and O–H groups in total. The summed E-state index contributed by atoms with van der Waals surface area (Å²) in [5, 5.41) is 0. The SMILES string of the molecule is CC.Cc1ccc2nc(C)ccc2n1. The Balaban J connectivity index is 0.000000461. The van der Waals surface area contributed by atoms with E-state index in [1.807, 2.05) is 52.0 Å². The molecule has 74 valence electrons. The van der Waals surface area contributed by atoms with Gasteiger partial charge in [-0.2, -0.15) is 0 Å². The first kappa shape index (κ1) is 10.6. The van der Waals surface area contributed by atoms with E-state index in [9.17, 15) is 0 Å². The van der Waals surface area contributed by atoms with Gasteiger partial charge in [-0.05, 0) is 38.1 Å². The topological polar surface area (TPSA) is 25.8 Å². The maximum Gasteiger partial charge on any atom is 0.0890 e. The molecule has 0 spiro atoms. The second kappa shape index (κ2) is 4.70. The quantitative estimate of drug-likeness (QED) is 0.634. The van der Waals surface area contributed by atoms with Crippen LogP contribution in [0.5, 0.6) is 0 Å². The van der Waals surface area contributed by atoms with Crippen molar-refractivity contribution in [1.29, 1.82) is 0 Å². The summed E-state index contributed by atoms with van der Waals surface area (Å²) in [7, 11) is 0.